The van der Waals surface area contributed by atoms with Crippen LogP contribution in [0.15, 0.2) is 46.7 Å². The van der Waals surface area contributed by atoms with E-state index in [1.165, 1.54) is 16.6 Å². The third-order valence-corrected chi connectivity index (χ3v) is 4.42. The van der Waals surface area contributed by atoms with Crippen molar-refractivity contribution in [3.63, 3.8) is 0 Å². The van der Waals surface area contributed by atoms with Crippen LogP contribution in [0, 0.1) is 0 Å². The first kappa shape index (κ1) is 14.0. The Morgan fingerprint density at radius 2 is 2.21 bits per heavy atom. The number of rotatable bonds is 5. The topological polar surface area (TPSA) is 40.5 Å². The van der Waals surface area contributed by atoms with E-state index in [0.717, 1.165) is 4.90 Å². The summed E-state index contributed by atoms with van der Waals surface area (Å²) in [6.07, 6.45) is 0. The highest BCUT2D eigenvalue weighted by atomic mass is 32.2. The summed E-state index contributed by atoms with van der Waals surface area (Å²) >= 11 is 3.09. The third kappa shape index (κ3) is 4.29. The number of hydrogen-bond acceptors (Lipinski definition) is 4. The molecule has 1 N–H and O–H groups in total. The minimum absolute atomic E-state index is 0.0849. The lowest BCUT2D eigenvalue weighted by atomic mass is 10.3. The van der Waals surface area contributed by atoms with Crippen LogP contribution < -0.4 is 0 Å². The fourth-order valence-electron chi connectivity index (χ4n) is 1.55. The first-order chi connectivity index (χ1) is 9.15. The zero-order valence-electron chi connectivity index (χ0n) is 10.6. The van der Waals surface area contributed by atoms with Gasteiger partial charge in [-0.1, -0.05) is 12.1 Å². The Kier molecular flexibility index (Phi) is 4.87. The van der Waals surface area contributed by atoms with Crippen molar-refractivity contribution in [3.8, 4) is 5.75 Å². The second-order valence-electron chi connectivity index (χ2n) is 4.12. The first-order valence-corrected chi connectivity index (χ1v) is 7.70. The van der Waals surface area contributed by atoms with E-state index in [-0.39, 0.29) is 11.7 Å². The second-order valence-corrected chi connectivity index (χ2v) is 6.20. The zero-order chi connectivity index (χ0) is 13.7. The fourth-order valence-corrected chi connectivity index (χ4v) is 3.20. The summed E-state index contributed by atoms with van der Waals surface area (Å²) in [6, 6.07) is 11.0. The van der Waals surface area contributed by atoms with Gasteiger partial charge in [0.2, 0.25) is 5.91 Å². The average molecular weight is 293 g/mol. The summed E-state index contributed by atoms with van der Waals surface area (Å²) in [5, 5.41) is 11.4. The van der Waals surface area contributed by atoms with Crippen molar-refractivity contribution in [3.05, 3.63) is 46.7 Å². The predicted molar refractivity (Wildman–Crippen MR) is 79.6 cm³/mol. The molecule has 1 amide bonds. The molecule has 0 fully saturated rings. The number of amides is 1. The standard InChI is InChI=1S/C14H15NO2S2/c1-15(9-13-6-3-7-18-13)14(17)10-19-12-5-2-4-11(16)8-12/h2-8,16H,9-10H2,1H3. The summed E-state index contributed by atoms with van der Waals surface area (Å²) in [5.41, 5.74) is 0. The Bertz CT molecular complexity index is 540. The van der Waals surface area contributed by atoms with E-state index < -0.39 is 0 Å². The summed E-state index contributed by atoms with van der Waals surface area (Å²) in [7, 11) is 1.81. The minimum Gasteiger partial charge on any atom is -0.508 e. The molecular formula is C14H15NO2S2. The number of aromatic hydroxyl groups is 1. The molecule has 0 radical (unpaired) electrons. The van der Waals surface area contributed by atoms with E-state index in [2.05, 4.69) is 0 Å². The van der Waals surface area contributed by atoms with Gasteiger partial charge in [-0.3, -0.25) is 4.79 Å². The van der Waals surface area contributed by atoms with E-state index in [4.69, 9.17) is 0 Å². The summed E-state index contributed by atoms with van der Waals surface area (Å²) in [5.74, 6) is 0.692. The largest absolute Gasteiger partial charge is 0.508 e. The van der Waals surface area contributed by atoms with Gasteiger partial charge in [0.05, 0.1) is 12.3 Å². The maximum Gasteiger partial charge on any atom is 0.233 e. The number of phenolic OH excluding ortho intramolecular Hbond substituents is 1. The summed E-state index contributed by atoms with van der Waals surface area (Å²) < 4.78 is 0. The smallest absolute Gasteiger partial charge is 0.233 e. The lowest BCUT2D eigenvalue weighted by Gasteiger charge is -2.15. The van der Waals surface area contributed by atoms with Gasteiger partial charge in [-0.15, -0.1) is 23.1 Å². The number of benzene rings is 1. The van der Waals surface area contributed by atoms with Crippen molar-refractivity contribution in [2.45, 2.75) is 11.4 Å². The Labute approximate surface area is 120 Å². The number of carbonyl (C=O) groups is 1. The second kappa shape index (κ2) is 6.63. The molecule has 1 aromatic heterocycles. The number of phenols is 1. The molecule has 5 heteroatoms. The molecule has 2 rings (SSSR count). The Morgan fingerprint density at radius 1 is 1.37 bits per heavy atom. The van der Waals surface area contributed by atoms with Gasteiger partial charge in [0, 0.05) is 16.8 Å². The minimum atomic E-state index is 0.0849. The molecule has 2 aromatic rings. The highest BCUT2D eigenvalue weighted by molar-refractivity contribution is 8.00. The molecule has 1 heterocycles. The highest BCUT2D eigenvalue weighted by Crippen LogP contribution is 2.22. The number of carbonyl (C=O) groups excluding carboxylic acids is 1. The molecular weight excluding hydrogens is 278 g/mol. The van der Waals surface area contributed by atoms with Crippen molar-refractivity contribution in [1.82, 2.24) is 4.90 Å². The maximum absolute atomic E-state index is 12.0. The van der Waals surface area contributed by atoms with Gasteiger partial charge in [0.25, 0.3) is 0 Å². The van der Waals surface area contributed by atoms with Crippen LogP contribution in [0.3, 0.4) is 0 Å². The van der Waals surface area contributed by atoms with Crippen molar-refractivity contribution in [1.29, 1.82) is 0 Å². The average Bonchev–Trinajstić information content (AvgIpc) is 2.89. The van der Waals surface area contributed by atoms with Gasteiger partial charge in [-0.25, -0.2) is 0 Å². The molecule has 0 aliphatic rings. The molecule has 100 valence electrons. The van der Waals surface area contributed by atoms with Crippen LogP contribution in [0.2, 0.25) is 0 Å². The Hall–Kier alpha value is -1.46. The SMILES string of the molecule is CN(Cc1cccs1)C(=O)CSc1cccc(O)c1. The monoisotopic (exact) mass is 293 g/mol. The van der Waals surface area contributed by atoms with Gasteiger partial charge in [0.1, 0.15) is 5.75 Å². The summed E-state index contributed by atoms with van der Waals surface area (Å²) in [6.45, 7) is 0.650. The molecule has 0 spiro atoms. The molecule has 0 aliphatic carbocycles. The lowest BCUT2D eigenvalue weighted by Crippen LogP contribution is -2.27. The fraction of sp³-hybridized carbons (Fsp3) is 0.214. The third-order valence-electron chi connectivity index (χ3n) is 2.58. The van der Waals surface area contributed by atoms with Gasteiger partial charge < -0.3 is 10.0 Å². The normalized spacial score (nSPS) is 10.4. The quantitative estimate of drug-likeness (QED) is 0.861. The van der Waals surface area contributed by atoms with Crippen LogP contribution in [0.25, 0.3) is 0 Å². The van der Waals surface area contributed by atoms with Crippen LogP contribution >= 0.6 is 23.1 Å². The van der Waals surface area contributed by atoms with Crippen molar-refractivity contribution >= 4 is 29.0 Å². The predicted octanol–water partition coefficient (Wildman–Crippen LogP) is 3.20. The Morgan fingerprint density at radius 3 is 2.89 bits per heavy atom. The van der Waals surface area contributed by atoms with E-state index in [0.29, 0.717) is 12.3 Å². The molecule has 1 aromatic carbocycles. The molecule has 0 saturated heterocycles. The van der Waals surface area contributed by atoms with E-state index in [9.17, 15) is 9.90 Å². The first-order valence-electron chi connectivity index (χ1n) is 5.83. The van der Waals surface area contributed by atoms with E-state index >= 15 is 0 Å². The van der Waals surface area contributed by atoms with Crippen LogP contribution in [-0.4, -0.2) is 28.7 Å². The molecule has 19 heavy (non-hydrogen) atoms. The molecule has 0 atom stereocenters. The molecule has 0 bridgehead atoms. The van der Waals surface area contributed by atoms with E-state index in [1.807, 2.05) is 30.6 Å². The maximum atomic E-state index is 12.0. The number of thiophene rings is 1. The van der Waals surface area contributed by atoms with Gasteiger partial charge in [-0.05, 0) is 29.6 Å². The van der Waals surface area contributed by atoms with Gasteiger partial charge >= 0.3 is 0 Å². The molecule has 0 saturated carbocycles. The molecule has 0 aliphatic heterocycles. The number of nitrogens with zero attached hydrogens (tertiary/aromatic N) is 1. The van der Waals surface area contributed by atoms with Crippen molar-refractivity contribution < 1.29 is 9.90 Å². The highest BCUT2D eigenvalue weighted by Gasteiger charge is 2.10. The number of hydrogen-bond donors (Lipinski definition) is 1. The van der Waals surface area contributed by atoms with Crippen molar-refractivity contribution in [2.75, 3.05) is 12.8 Å². The van der Waals surface area contributed by atoms with Crippen LogP contribution in [-0.2, 0) is 11.3 Å². The molecule has 3 nitrogen and oxygen atoms in total. The lowest BCUT2D eigenvalue weighted by molar-refractivity contribution is -0.127. The number of thioether (sulfide) groups is 1. The van der Waals surface area contributed by atoms with Crippen molar-refractivity contribution in [2.24, 2.45) is 0 Å². The van der Waals surface area contributed by atoms with E-state index in [1.54, 1.807) is 34.4 Å². The van der Waals surface area contributed by atoms with Crippen LogP contribution in [0.1, 0.15) is 4.88 Å². The van der Waals surface area contributed by atoms with Gasteiger partial charge in [-0.2, -0.15) is 0 Å². The zero-order valence-corrected chi connectivity index (χ0v) is 12.2. The van der Waals surface area contributed by atoms with Crippen LogP contribution in [0.5, 0.6) is 5.75 Å². The van der Waals surface area contributed by atoms with Gasteiger partial charge in [0.15, 0.2) is 0 Å². The summed E-state index contributed by atoms with van der Waals surface area (Å²) in [4.78, 5) is 15.8. The van der Waals surface area contributed by atoms with Crippen LogP contribution in [0.4, 0.5) is 0 Å². The molecule has 0 unspecified atom stereocenters. The Balaban J connectivity index is 1.84.